The van der Waals surface area contributed by atoms with Crippen molar-refractivity contribution in [2.45, 2.75) is 70.4 Å². The molecule has 0 radical (unpaired) electrons. The smallest absolute Gasteiger partial charge is 0.252 e. The van der Waals surface area contributed by atoms with Crippen LogP contribution in [0.3, 0.4) is 0 Å². The zero-order chi connectivity index (χ0) is 17.9. The van der Waals surface area contributed by atoms with Crippen LogP contribution in [0.25, 0.3) is 0 Å². The summed E-state index contributed by atoms with van der Waals surface area (Å²) in [5.74, 6) is 0.235. The minimum atomic E-state index is -0.0635. The van der Waals surface area contributed by atoms with Crippen molar-refractivity contribution < 1.29 is 9.59 Å². The van der Waals surface area contributed by atoms with Crippen LogP contribution in [0.5, 0.6) is 0 Å². The molecule has 1 aromatic rings. The summed E-state index contributed by atoms with van der Waals surface area (Å²) in [5, 5.41) is 5.92. The number of benzene rings is 1. The molecule has 5 heteroatoms. The monoisotopic (exact) mass is 350 g/mol. The van der Waals surface area contributed by atoms with Gasteiger partial charge in [0.2, 0.25) is 5.91 Å². The number of amides is 2. The molecule has 0 aromatic heterocycles. The quantitative estimate of drug-likeness (QED) is 0.495. The van der Waals surface area contributed by atoms with Crippen LogP contribution in [-0.2, 0) is 4.79 Å². The van der Waals surface area contributed by atoms with Crippen LogP contribution in [0.2, 0.25) is 0 Å². The second-order valence-electron chi connectivity index (χ2n) is 6.38. The van der Waals surface area contributed by atoms with E-state index in [0.717, 1.165) is 17.7 Å². The highest BCUT2D eigenvalue weighted by molar-refractivity contribution is 8.00. The zero-order valence-electron chi connectivity index (χ0n) is 15.2. The second kappa shape index (κ2) is 11.1. The van der Waals surface area contributed by atoms with Crippen LogP contribution in [-0.4, -0.2) is 29.7 Å². The molecule has 1 aromatic carbocycles. The number of nitrogens with one attached hydrogen (secondary N) is 2. The first-order valence-electron chi connectivity index (χ1n) is 8.76. The number of rotatable bonds is 10. The average Bonchev–Trinajstić information content (AvgIpc) is 2.52. The molecule has 0 aliphatic heterocycles. The fourth-order valence-electron chi connectivity index (χ4n) is 2.36. The molecule has 0 aliphatic rings. The Morgan fingerprint density at radius 2 is 1.79 bits per heavy atom. The van der Waals surface area contributed by atoms with Gasteiger partial charge in [0.25, 0.3) is 5.91 Å². The summed E-state index contributed by atoms with van der Waals surface area (Å²) in [6.07, 6.45) is 4.49. The maximum atomic E-state index is 12.5. The van der Waals surface area contributed by atoms with Crippen molar-refractivity contribution in [3.63, 3.8) is 0 Å². The van der Waals surface area contributed by atoms with E-state index in [1.54, 1.807) is 0 Å². The van der Waals surface area contributed by atoms with E-state index in [2.05, 4.69) is 17.6 Å². The van der Waals surface area contributed by atoms with E-state index >= 15 is 0 Å². The van der Waals surface area contributed by atoms with Gasteiger partial charge in [-0.05, 0) is 39.3 Å². The Bertz CT molecular complexity index is 532. The molecule has 0 saturated heterocycles. The summed E-state index contributed by atoms with van der Waals surface area (Å²) in [6.45, 7) is 8.08. The predicted molar refractivity (Wildman–Crippen MR) is 102 cm³/mol. The van der Waals surface area contributed by atoms with Gasteiger partial charge in [-0.2, -0.15) is 0 Å². The number of carbonyl (C=O) groups is 2. The lowest BCUT2D eigenvalue weighted by Gasteiger charge is -2.15. The molecule has 24 heavy (non-hydrogen) atoms. The number of hydrogen-bond acceptors (Lipinski definition) is 3. The Labute approximate surface area is 150 Å². The Hall–Kier alpha value is -1.49. The van der Waals surface area contributed by atoms with Crippen LogP contribution >= 0.6 is 11.8 Å². The summed E-state index contributed by atoms with van der Waals surface area (Å²) in [5.41, 5.74) is 0.641. The molecule has 134 valence electrons. The summed E-state index contributed by atoms with van der Waals surface area (Å²) in [7, 11) is 0. The third-order valence-corrected chi connectivity index (χ3v) is 4.63. The van der Waals surface area contributed by atoms with Gasteiger partial charge < -0.3 is 10.6 Å². The lowest BCUT2D eigenvalue weighted by molar-refractivity contribution is -0.119. The largest absolute Gasteiger partial charge is 0.353 e. The lowest BCUT2D eigenvalue weighted by Crippen LogP contribution is -2.33. The Morgan fingerprint density at radius 3 is 2.46 bits per heavy atom. The van der Waals surface area contributed by atoms with Crippen molar-refractivity contribution in [2.24, 2.45) is 0 Å². The van der Waals surface area contributed by atoms with E-state index in [1.165, 1.54) is 24.6 Å². The van der Waals surface area contributed by atoms with Gasteiger partial charge in [0.15, 0.2) is 0 Å². The van der Waals surface area contributed by atoms with Crippen molar-refractivity contribution in [3.8, 4) is 0 Å². The van der Waals surface area contributed by atoms with E-state index in [1.807, 2.05) is 45.0 Å². The van der Waals surface area contributed by atoms with Crippen LogP contribution in [0, 0.1) is 0 Å². The van der Waals surface area contributed by atoms with E-state index in [4.69, 9.17) is 0 Å². The highest BCUT2D eigenvalue weighted by Gasteiger charge is 2.15. The van der Waals surface area contributed by atoms with Crippen molar-refractivity contribution in [1.29, 1.82) is 0 Å². The molecule has 1 rings (SSSR count). The average molecular weight is 351 g/mol. The number of carbonyl (C=O) groups excluding carboxylic acids is 2. The first kappa shape index (κ1) is 20.6. The molecular formula is C19H30N2O2S. The molecule has 0 fully saturated rings. The van der Waals surface area contributed by atoms with Crippen molar-refractivity contribution in [1.82, 2.24) is 10.6 Å². The maximum Gasteiger partial charge on any atom is 0.252 e. The van der Waals surface area contributed by atoms with Gasteiger partial charge in [-0.1, -0.05) is 38.3 Å². The first-order valence-corrected chi connectivity index (χ1v) is 9.74. The van der Waals surface area contributed by atoms with E-state index in [0.29, 0.717) is 11.3 Å². The van der Waals surface area contributed by atoms with Gasteiger partial charge >= 0.3 is 0 Å². The van der Waals surface area contributed by atoms with Gasteiger partial charge in [0.05, 0.1) is 11.3 Å². The fourth-order valence-corrected chi connectivity index (χ4v) is 3.22. The molecule has 0 spiro atoms. The van der Waals surface area contributed by atoms with Gasteiger partial charge in [-0.15, -0.1) is 11.8 Å². The molecule has 0 saturated carbocycles. The SMILES string of the molecule is CCCCCC(C)NC(=O)c1ccccc1SCC(=O)NC(C)C. The highest BCUT2D eigenvalue weighted by Crippen LogP contribution is 2.22. The van der Waals surface area contributed by atoms with E-state index in [-0.39, 0.29) is 23.9 Å². The van der Waals surface area contributed by atoms with Gasteiger partial charge in [-0.3, -0.25) is 9.59 Å². The summed E-state index contributed by atoms with van der Waals surface area (Å²) < 4.78 is 0. The molecule has 0 bridgehead atoms. The Balaban J connectivity index is 2.61. The Kier molecular flexibility index (Phi) is 9.53. The summed E-state index contributed by atoms with van der Waals surface area (Å²) in [4.78, 5) is 25.1. The van der Waals surface area contributed by atoms with Crippen LogP contribution in [0.15, 0.2) is 29.2 Å². The van der Waals surface area contributed by atoms with Crippen molar-refractivity contribution in [3.05, 3.63) is 29.8 Å². The van der Waals surface area contributed by atoms with Crippen LogP contribution in [0.1, 0.15) is 63.7 Å². The van der Waals surface area contributed by atoms with Gasteiger partial charge in [0.1, 0.15) is 0 Å². The number of unbranched alkanes of at least 4 members (excludes halogenated alkanes) is 2. The highest BCUT2D eigenvalue weighted by atomic mass is 32.2. The predicted octanol–water partition coefficient (Wildman–Crippen LogP) is 4.00. The Morgan fingerprint density at radius 1 is 1.08 bits per heavy atom. The third-order valence-electron chi connectivity index (χ3n) is 3.56. The first-order chi connectivity index (χ1) is 11.4. The molecule has 2 N–H and O–H groups in total. The lowest BCUT2D eigenvalue weighted by atomic mass is 10.1. The number of hydrogen-bond donors (Lipinski definition) is 2. The molecular weight excluding hydrogens is 320 g/mol. The fraction of sp³-hybridized carbons (Fsp3) is 0.579. The molecule has 1 unspecified atom stereocenters. The van der Waals surface area contributed by atoms with E-state index in [9.17, 15) is 9.59 Å². The molecule has 4 nitrogen and oxygen atoms in total. The van der Waals surface area contributed by atoms with Crippen LogP contribution < -0.4 is 10.6 Å². The zero-order valence-corrected chi connectivity index (χ0v) is 16.0. The minimum absolute atomic E-state index is 0.0156. The standard InChI is InChI=1S/C19H30N2O2S/c1-5-6-7-10-15(4)21-19(23)16-11-8-9-12-17(16)24-13-18(22)20-14(2)3/h8-9,11-12,14-15H,5-7,10,13H2,1-4H3,(H,20,22)(H,21,23). The maximum absolute atomic E-state index is 12.5. The van der Waals surface area contributed by atoms with Crippen molar-refractivity contribution in [2.75, 3.05) is 5.75 Å². The molecule has 2 amide bonds. The molecule has 1 atom stereocenters. The minimum Gasteiger partial charge on any atom is -0.353 e. The summed E-state index contributed by atoms with van der Waals surface area (Å²) >= 11 is 1.40. The second-order valence-corrected chi connectivity index (χ2v) is 7.39. The van der Waals surface area contributed by atoms with E-state index < -0.39 is 0 Å². The molecule has 0 heterocycles. The van der Waals surface area contributed by atoms with Gasteiger partial charge in [-0.25, -0.2) is 0 Å². The molecule has 0 aliphatic carbocycles. The summed E-state index contributed by atoms with van der Waals surface area (Å²) in [6, 6.07) is 7.74. The van der Waals surface area contributed by atoms with Crippen molar-refractivity contribution >= 4 is 23.6 Å². The van der Waals surface area contributed by atoms with Gasteiger partial charge in [0, 0.05) is 17.0 Å². The topological polar surface area (TPSA) is 58.2 Å². The normalized spacial score (nSPS) is 12.0. The third kappa shape index (κ3) is 7.86. The van der Waals surface area contributed by atoms with Crippen LogP contribution in [0.4, 0.5) is 0 Å². The number of thioether (sulfide) groups is 1.